The van der Waals surface area contributed by atoms with Gasteiger partial charge in [0.15, 0.2) is 11.5 Å². The van der Waals surface area contributed by atoms with Gasteiger partial charge in [-0.2, -0.15) is 0 Å². The van der Waals surface area contributed by atoms with Gasteiger partial charge in [0.05, 0.1) is 34.1 Å². The average molecular weight is 329 g/mol. The van der Waals surface area contributed by atoms with Crippen molar-refractivity contribution in [2.45, 2.75) is 6.92 Å². The van der Waals surface area contributed by atoms with Gasteiger partial charge in [0.25, 0.3) is 0 Å². The van der Waals surface area contributed by atoms with Crippen molar-refractivity contribution in [1.82, 2.24) is 0 Å². The number of nitrogen functional groups attached to an aromatic ring is 1. The summed E-state index contributed by atoms with van der Waals surface area (Å²) >= 11 is 0. The first kappa shape index (κ1) is 17.5. The summed E-state index contributed by atoms with van der Waals surface area (Å²) in [6, 6.07) is 7.67. The Morgan fingerprint density at radius 2 is 1.21 bits per heavy atom. The Morgan fingerprint density at radius 1 is 0.708 bits per heavy atom. The van der Waals surface area contributed by atoms with Crippen molar-refractivity contribution in [3.8, 4) is 23.0 Å². The van der Waals surface area contributed by atoms with E-state index in [4.69, 9.17) is 24.7 Å². The summed E-state index contributed by atoms with van der Waals surface area (Å²) in [6.45, 7) is 1.96. The molecular weight excluding hydrogens is 306 g/mol. The van der Waals surface area contributed by atoms with Gasteiger partial charge in [-0.3, -0.25) is 0 Å². The third kappa shape index (κ3) is 3.56. The molecule has 0 fully saturated rings. The van der Waals surface area contributed by atoms with E-state index in [0.717, 1.165) is 16.7 Å². The van der Waals surface area contributed by atoms with Crippen LogP contribution >= 0.6 is 0 Å². The number of aryl methyl sites for hydroxylation is 1. The van der Waals surface area contributed by atoms with E-state index in [1.165, 1.54) is 0 Å². The first-order valence-electron chi connectivity index (χ1n) is 7.46. The standard InChI is InChI=1S/C19H23NO4/c1-12-8-13(9-15(20)18(12)23-4)6-7-14-10-16(21-2)19(24-5)17(11-14)22-3/h6-11H,20H2,1-5H3/b7-6-. The van der Waals surface area contributed by atoms with E-state index in [2.05, 4.69) is 0 Å². The molecule has 0 aliphatic heterocycles. The molecule has 0 aliphatic rings. The average Bonchev–Trinajstić information content (AvgIpc) is 2.58. The maximum atomic E-state index is 6.02. The van der Waals surface area contributed by atoms with Crippen LogP contribution in [0.2, 0.25) is 0 Å². The number of ether oxygens (including phenoxy) is 4. The second-order valence-corrected chi connectivity index (χ2v) is 5.25. The van der Waals surface area contributed by atoms with Crippen LogP contribution in [0.1, 0.15) is 16.7 Å². The van der Waals surface area contributed by atoms with Crippen molar-refractivity contribution >= 4 is 17.8 Å². The highest BCUT2D eigenvalue weighted by Crippen LogP contribution is 2.38. The van der Waals surface area contributed by atoms with E-state index in [9.17, 15) is 0 Å². The van der Waals surface area contributed by atoms with E-state index in [1.54, 1.807) is 28.4 Å². The van der Waals surface area contributed by atoms with Gasteiger partial charge in [-0.1, -0.05) is 12.2 Å². The molecule has 0 aromatic heterocycles. The number of hydrogen-bond acceptors (Lipinski definition) is 5. The van der Waals surface area contributed by atoms with Gasteiger partial charge >= 0.3 is 0 Å². The largest absolute Gasteiger partial charge is 0.494 e. The van der Waals surface area contributed by atoms with Crippen molar-refractivity contribution in [3.05, 3.63) is 41.0 Å². The lowest BCUT2D eigenvalue weighted by Gasteiger charge is -2.13. The first-order chi connectivity index (χ1) is 11.5. The molecule has 24 heavy (non-hydrogen) atoms. The summed E-state index contributed by atoms with van der Waals surface area (Å²) in [4.78, 5) is 0. The molecule has 0 radical (unpaired) electrons. The number of benzene rings is 2. The number of anilines is 1. The molecule has 2 aromatic carbocycles. The summed E-state index contributed by atoms with van der Waals surface area (Å²) in [6.07, 6.45) is 3.94. The fourth-order valence-electron chi connectivity index (χ4n) is 2.60. The zero-order valence-electron chi connectivity index (χ0n) is 14.7. The molecule has 128 valence electrons. The molecule has 0 atom stereocenters. The normalized spacial score (nSPS) is 10.7. The predicted molar refractivity (Wildman–Crippen MR) is 97.2 cm³/mol. The van der Waals surface area contributed by atoms with Gasteiger partial charge < -0.3 is 24.7 Å². The van der Waals surface area contributed by atoms with Gasteiger partial charge in [-0.05, 0) is 47.9 Å². The predicted octanol–water partition coefficient (Wildman–Crippen LogP) is 3.78. The highest BCUT2D eigenvalue weighted by atomic mass is 16.5. The number of hydrogen-bond donors (Lipinski definition) is 1. The fourth-order valence-corrected chi connectivity index (χ4v) is 2.60. The molecule has 0 bridgehead atoms. The Labute approximate surface area is 142 Å². The summed E-state index contributed by atoms with van der Waals surface area (Å²) in [7, 11) is 6.39. The second kappa shape index (κ2) is 7.64. The van der Waals surface area contributed by atoms with Gasteiger partial charge in [0.1, 0.15) is 5.75 Å². The van der Waals surface area contributed by atoms with Crippen LogP contribution in [0.25, 0.3) is 12.2 Å². The lowest BCUT2D eigenvalue weighted by atomic mass is 10.1. The zero-order chi connectivity index (χ0) is 17.7. The smallest absolute Gasteiger partial charge is 0.203 e. The lowest BCUT2D eigenvalue weighted by Crippen LogP contribution is -1.96. The van der Waals surface area contributed by atoms with Crippen LogP contribution in [0.5, 0.6) is 23.0 Å². The molecule has 5 nitrogen and oxygen atoms in total. The molecule has 2 N–H and O–H groups in total. The first-order valence-corrected chi connectivity index (χ1v) is 7.46. The summed E-state index contributed by atoms with van der Waals surface area (Å²) in [5.74, 6) is 2.51. The highest BCUT2D eigenvalue weighted by Gasteiger charge is 2.12. The molecular formula is C19H23NO4. The van der Waals surface area contributed by atoms with E-state index < -0.39 is 0 Å². The monoisotopic (exact) mass is 329 g/mol. The van der Waals surface area contributed by atoms with Crippen molar-refractivity contribution < 1.29 is 18.9 Å². The summed E-state index contributed by atoms with van der Waals surface area (Å²) in [5, 5.41) is 0. The molecule has 2 aromatic rings. The Morgan fingerprint density at radius 3 is 1.62 bits per heavy atom. The maximum Gasteiger partial charge on any atom is 0.203 e. The van der Waals surface area contributed by atoms with Crippen LogP contribution in [0.3, 0.4) is 0 Å². The molecule has 0 saturated heterocycles. The Hall–Kier alpha value is -2.82. The number of nitrogens with two attached hydrogens (primary N) is 1. The second-order valence-electron chi connectivity index (χ2n) is 5.25. The molecule has 0 heterocycles. The minimum Gasteiger partial charge on any atom is -0.494 e. The zero-order valence-corrected chi connectivity index (χ0v) is 14.7. The van der Waals surface area contributed by atoms with E-state index in [1.807, 2.05) is 43.3 Å². The molecule has 0 saturated carbocycles. The van der Waals surface area contributed by atoms with Gasteiger partial charge in [-0.15, -0.1) is 0 Å². The summed E-state index contributed by atoms with van der Waals surface area (Å²) < 4.78 is 21.3. The van der Waals surface area contributed by atoms with Crippen LogP contribution in [0.4, 0.5) is 5.69 Å². The molecule has 2 rings (SSSR count). The minimum absolute atomic E-state index is 0.571. The van der Waals surface area contributed by atoms with Crippen LogP contribution in [-0.2, 0) is 0 Å². The highest BCUT2D eigenvalue weighted by molar-refractivity contribution is 5.75. The topological polar surface area (TPSA) is 62.9 Å². The van der Waals surface area contributed by atoms with Gasteiger partial charge in [0.2, 0.25) is 5.75 Å². The molecule has 0 spiro atoms. The summed E-state index contributed by atoms with van der Waals surface area (Å²) in [5.41, 5.74) is 9.53. The lowest BCUT2D eigenvalue weighted by molar-refractivity contribution is 0.324. The SMILES string of the molecule is COc1cc(/C=C\c2cc(C)c(OC)c(N)c2)cc(OC)c1OC. The fraction of sp³-hybridized carbons (Fsp3) is 0.263. The molecule has 0 aliphatic carbocycles. The molecule has 5 heteroatoms. The number of rotatable bonds is 6. The van der Waals surface area contributed by atoms with Crippen LogP contribution in [0.15, 0.2) is 24.3 Å². The van der Waals surface area contributed by atoms with Crippen molar-refractivity contribution in [2.75, 3.05) is 34.2 Å². The third-order valence-electron chi connectivity index (χ3n) is 3.69. The van der Waals surface area contributed by atoms with Gasteiger partial charge in [0, 0.05) is 0 Å². The third-order valence-corrected chi connectivity index (χ3v) is 3.69. The van der Waals surface area contributed by atoms with Crippen molar-refractivity contribution in [2.24, 2.45) is 0 Å². The quantitative estimate of drug-likeness (QED) is 0.645. The van der Waals surface area contributed by atoms with Crippen molar-refractivity contribution in [3.63, 3.8) is 0 Å². The van der Waals surface area contributed by atoms with Crippen molar-refractivity contribution in [1.29, 1.82) is 0 Å². The van der Waals surface area contributed by atoms with Gasteiger partial charge in [-0.25, -0.2) is 0 Å². The minimum atomic E-state index is 0.571. The van der Waals surface area contributed by atoms with E-state index >= 15 is 0 Å². The van der Waals surface area contributed by atoms with Crippen LogP contribution in [-0.4, -0.2) is 28.4 Å². The maximum absolute atomic E-state index is 6.02. The Balaban J connectivity index is 2.39. The van der Waals surface area contributed by atoms with Crippen LogP contribution < -0.4 is 24.7 Å². The van der Waals surface area contributed by atoms with E-state index in [-0.39, 0.29) is 0 Å². The molecule has 0 amide bonds. The number of methoxy groups -OCH3 is 4. The Kier molecular flexibility index (Phi) is 5.58. The molecule has 0 unspecified atom stereocenters. The Bertz CT molecular complexity index is 705. The van der Waals surface area contributed by atoms with Crippen LogP contribution in [0, 0.1) is 6.92 Å². The van der Waals surface area contributed by atoms with E-state index in [0.29, 0.717) is 28.7 Å².